The molecule has 4 nitrogen and oxygen atoms in total. The zero-order valence-corrected chi connectivity index (χ0v) is 12.6. The van der Waals surface area contributed by atoms with Gasteiger partial charge in [0.15, 0.2) is 9.84 Å². The Morgan fingerprint density at radius 3 is 2.26 bits per heavy atom. The van der Waals surface area contributed by atoms with Gasteiger partial charge in [-0.3, -0.25) is 0 Å². The van der Waals surface area contributed by atoms with Crippen LogP contribution in [0.1, 0.15) is 33.6 Å². The Hall–Kier alpha value is -1.07. The summed E-state index contributed by atoms with van der Waals surface area (Å²) in [6.45, 7) is 5.58. The maximum absolute atomic E-state index is 11.9. The maximum Gasteiger partial charge on any atom is 0.178 e. The molecular weight excluding hydrogens is 262 g/mol. The number of anilines is 1. The highest BCUT2D eigenvalue weighted by Crippen LogP contribution is 2.17. The minimum atomic E-state index is -3.14. The lowest BCUT2D eigenvalue weighted by molar-refractivity contribution is 0.179. The number of sulfone groups is 1. The van der Waals surface area contributed by atoms with Crippen molar-refractivity contribution in [2.24, 2.45) is 0 Å². The molecule has 0 heterocycles. The van der Waals surface area contributed by atoms with E-state index in [2.05, 4.69) is 5.32 Å². The topological polar surface area (TPSA) is 66.4 Å². The summed E-state index contributed by atoms with van der Waals surface area (Å²) < 4.78 is 23.7. The fourth-order valence-corrected chi connectivity index (χ4v) is 3.32. The molecule has 1 aromatic carbocycles. The van der Waals surface area contributed by atoms with E-state index < -0.39 is 9.84 Å². The normalized spacial score (nSPS) is 14.9. The van der Waals surface area contributed by atoms with Gasteiger partial charge in [0.05, 0.1) is 16.8 Å². The summed E-state index contributed by atoms with van der Waals surface area (Å²) in [6.07, 6.45) is 0.913. The van der Waals surface area contributed by atoms with Crippen LogP contribution in [0.5, 0.6) is 0 Å². The van der Waals surface area contributed by atoms with Crippen molar-refractivity contribution in [3.8, 4) is 0 Å². The second-order valence-electron chi connectivity index (χ2n) is 4.97. The predicted molar refractivity (Wildman–Crippen MR) is 78.2 cm³/mol. The molecule has 2 unspecified atom stereocenters. The first-order chi connectivity index (χ1) is 8.85. The van der Waals surface area contributed by atoms with E-state index in [0.29, 0.717) is 17.7 Å². The monoisotopic (exact) mass is 285 g/mol. The molecule has 0 aliphatic carbocycles. The van der Waals surface area contributed by atoms with Crippen molar-refractivity contribution in [1.29, 1.82) is 0 Å². The first-order valence-electron chi connectivity index (χ1n) is 6.62. The van der Waals surface area contributed by atoms with E-state index in [4.69, 9.17) is 0 Å². The lowest BCUT2D eigenvalue weighted by atomic mass is 10.1. The molecule has 0 bridgehead atoms. The van der Waals surface area contributed by atoms with Gasteiger partial charge >= 0.3 is 0 Å². The van der Waals surface area contributed by atoms with Crippen molar-refractivity contribution < 1.29 is 13.5 Å². The zero-order chi connectivity index (χ0) is 14.5. The molecule has 0 radical (unpaired) electrons. The number of aliphatic hydroxyl groups excluding tert-OH is 1. The molecule has 19 heavy (non-hydrogen) atoms. The number of hydrogen-bond acceptors (Lipinski definition) is 4. The molecule has 0 saturated heterocycles. The summed E-state index contributed by atoms with van der Waals surface area (Å²) in [5.41, 5.74) is 0.864. The van der Waals surface area contributed by atoms with E-state index in [1.165, 1.54) is 0 Å². The van der Waals surface area contributed by atoms with Gasteiger partial charge in [0.1, 0.15) is 0 Å². The van der Waals surface area contributed by atoms with Gasteiger partial charge in [-0.25, -0.2) is 8.42 Å². The summed E-state index contributed by atoms with van der Waals surface area (Å²) in [7, 11) is -3.14. The van der Waals surface area contributed by atoms with Gasteiger partial charge < -0.3 is 10.4 Å². The van der Waals surface area contributed by atoms with E-state index in [0.717, 1.165) is 5.69 Å². The van der Waals surface area contributed by atoms with Crippen LogP contribution >= 0.6 is 0 Å². The first-order valence-corrected chi connectivity index (χ1v) is 8.27. The van der Waals surface area contributed by atoms with Crippen LogP contribution in [0.3, 0.4) is 0 Å². The number of nitrogens with one attached hydrogen (secondary N) is 1. The highest BCUT2D eigenvalue weighted by atomic mass is 32.2. The van der Waals surface area contributed by atoms with Gasteiger partial charge in [0.25, 0.3) is 0 Å². The fraction of sp³-hybridized carbons (Fsp3) is 0.571. The van der Waals surface area contributed by atoms with Gasteiger partial charge in [-0.15, -0.1) is 0 Å². The molecule has 0 fully saturated rings. The molecular formula is C14H23NO3S. The van der Waals surface area contributed by atoms with Crippen molar-refractivity contribution >= 4 is 15.5 Å². The Labute approximate surface area is 115 Å². The molecule has 0 amide bonds. The maximum atomic E-state index is 11.9. The van der Waals surface area contributed by atoms with Crippen LogP contribution in [0.2, 0.25) is 0 Å². The van der Waals surface area contributed by atoms with Crippen molar-refractivity contribution in [1.82, 2.24) is 0 Å². The molecule has 2 atom stereocenters. The van der Waals surface area contributed by atoms with Crippen LogP contribution in [0, 0.1) is 0 Å². The Morgan fingerprint density at radius 2 is 1.79 bits per heavy atom. The van der Waals surface area contributed by atoms with Gasteiger partial charge in [-0.1, -0.05) is 6.92 Å². The molecule has 0 saturated carbocycles. The second-order valence-corrected chi connectivity index (χ2v) is 7.08. The molecule has 2 N–H and O–H groups in total. The molecule has 5 heteroatoms. The minimum Gasteiger partial charge on any atom is -0.393 e. The predicted octanol–water partition coefficient (Wildman–Crippen LogP) is 2.44. The average molecular weight is 285 g/mol. The first kappa shape index (κ1) is 16.0. The minimum absolute atomic E-state index is 0.137. The summed E-state index contributed by atoms with van der Waals surface area (Å²) in [5, 5.41) is 12.5. The van der Waals surface area contributed by atoms with Crippen molar-refractivity contribution in [2.45, 2.75) is 50.7 Å². The van der Waals surface area contributed by atoms with Gasteiger partial charge in [-0.05, 0) is 51.0 Å². The molecule has 0 aliphatic rings. The Bertz CT molecular complexity index is 480. The zero-order valence-electron chi connectivity index (χ0n) is 11.8. The van der Waals surface area contributed by atoms with Crippen LogP contribution in [0.15, 0.2) is 29.2 Å². The smallest absolute Gasteiger partial charge is 0.178 e. The van der Waals surface area contributed by atoms with Gasteiger partial charge in [-0.2, -0.15) is 0 Å². The van der Waals surface area contributed by atoms with Crippen LogP contribution in [-0.4, -0.2) is 31.4 Å². The number of rotatable bonds is 7. The SMILES string of the molecule is CCCS(=O)(=O)c1ccc(NC(C)CC(C)O)cc1. The summed E-state index contributed by atoms with van der Waals surface area (Å²) >= 11 is 0. The third-order valence-electron chi connectivity index (χ3n) is 2.79. The summed E-state index contributed by atoms with van der Waals surface area (Å²) in [5.74, 6) is 0.179. The lowest BCUT2D eigenvalue weighted by Crippen LogP contribution is -2.20. The van der Waals surface area contributed by atoms with Crippen molar-refractivity contribution in [3.63, 3.8) is 0 Å². The summed E-state index contributed by atoms with van der Waals surface area (Å²) in [6, 6.07) is 6.92. The Balaban J connectivity index is 2.72. The third-order valence-corrected chi connectivity index (χ3v) is 4.73. The molecule has 1 rings (SSSR count). The fourth-order valence-electron chi connectivity index (χ4n) is 2.00. The molecule has 0 aromatic heterocycles. The van der Waals surface area contributed by atoms with Gasteiger partial charge in [0, 0.05) is 11.7 Å². The lowest BCUT2D eigenvalue weighted by Gasteiger charge is -2.16. The van der Waals surface area contributed by atoms with E-state index in [1.807, 2.05) is 13.8 Å². The quantitative estimate of drug-likeness (QED) is 0.807. The molecule has 0 aliphatic heterocycles. The van der Waals surface area contributed by atoms with Crippen LogP contribution in [-0.2, 0) is 9.84 Å². The second kappa shape index (κ2) is 6.91. The van der Waals surface area contributed by atoms with E-state index in [1.54, 1.807) is 31.2 Å². The standard InChI is InChI=1S/C14H23NO3S/c1-4-9-19(17,18)14-7-5-13(6-8-14)15-11(2)10-12(3)16/h5-8,11-12,15-16H,4,9-10H2,1-3H3. The number of hydrogen-bond donors (Lipinski definition) is 2. The molecule has 108 valence electrons. The average Bonchev–Trinajstić information content (AvgIpc) is 2.28. The largest absolute Gasteiger partial charge is 0.393 e. The molecule has 1 aromatic rings. The highest BCUT2D eigenvalue weighted by Gasteiger charge is 2.13. The highest BCUT2D eigenvalue weighted by molar-refractivity contribution is 7.91. The summed E-state index contributed by atoms with van der Waals surface area (Å²) in [4.78, 5) is 0.364. The Kier molecular flexibility index (Phi) is 5.82. The van der Waals surface area contributed by atoms with E-state index >= 15 is 0 Å². The van der Waals surface area contributed by atoms with Crippen molar-refractivity contribution in [2.75, 3.05) is 11.1 Å². The van der Waals surface area contributed by atoms with Crippen LogP contribution in [0.25, 0.3) is 0 Å². The molecule has 0 spiro atoms. The van der Waals surface area contributed by atoms with Crippen LogP contribution < -0.4 is 5.32 Å². The third kappa shape index (κ3) is 5.20. The van der Waals surface area contributed by atoms with Crippen LogP contribution in [0.4, 0.5) is 5.69 Å². The van der Waals surface area contributed by atoms with E-state index in [9.17, 15) is 13.5 Å². The number of aliphatic hydroxyl groups is 1. The van der Waals surface area contributed by atoms with Crippen molar-refractivity contribution in [3.05, 3.63) is 24.3 Å². The van der Waals surface area contributed by atoms with Gasteiger partial charge in [0.2, 0.25) is 0 Å². The number of benzene rings is 1. The van der Waals surface area contributed by atoms with E-state index in [-0.39, 0.29) is 17.9 Å². The Morgan fingerprint density at radius 1 is 1.21 bits per heavy atom.